The van der Waals surface area contributed by atoms with Crippen LogP contribution in [-0.2, 0) is 19.5 Å². The van der Waals surface area contributed by atoms with Crippen LogP contribution < -0.4 is 5.32 Å². The Hall–Kier alpha value is -4.09. The molecule has 0 unspecified atom stereocenters. The Kier molecular flexibility index (Phi) is 8.03. The normalized spacial score (nSPS) is 10.6. The molecule has 8 heteroatoms. The third-order valence-electron chi connectivity index (χ3n) is 5.87. The van der Waals surface area contributed by atoms with E-state index in [1.165, 1.54) is 18.2 Å². The Bertz CT molecular complexity index is 1350. The number of hydrogen-bond donors (Lipinski definition) is 1. The van der Waals surface area contributed by atoms with Crippen molar-refractivity contribution in [2.24, 2.45) is 0 Å². The summed E-state index contributed by atoms with van der Waals surface area (Å²) in [5.74, 6) is -1.21. The van der Waals surface area contributed by atoms with Crippen LogP contribution in [0.5, 0.6) is 0 Å². The third-order valence-corrected chi connectivity index (χ3v) is 6.23. The minimum atomic E-state index is -0.607. The number of aromatic nitrogens is 2. The van der Waals surface area contributed by atoms with Crippen LogP contribution in [-0.4, -0.2) is 26.1 Å². The lowest BCUT2D eigenvalue weighted by molar-refractivity contribution is 0.396. The predicted octanol–water partition coefficient (Wildman–Crippen LogP) is 5.83. The summed E-state index contributed by atoms with van der Waals surface area (Å²) in [5.41, 5.74) is 4.49. The van der Waals surface area contributed by atoms with Gasteiger partial charge < -0.3 is 14.8 Å². The molecule has 0 atom stereocenters. The highest BCUT2D eigenvalue weighted by Gasteiger charge is 2.17. The van der Waals surface area contributed by atoms with Gasteiger partial charge in [-0.2, -0.15) is 5.26 Å². The van der Waals surface area contributed by atoms with Crippen molar-refractivity contribution in [1.82, 2.24) is 14.5 Å². The summed E-state index contributed by atoms with van der Waals surface area (Å²) in [4.78, 5) is 6.05. The van der Waals surface area contributed by atoms with Gasteiger partial charge in [0, 0.05) is 42.7 Å². The number of anilines is 1. The molecule has 36 heavy (non-hydrogen) atoms. The van der Waals surface area contributed by atoms with Crippen LogP contribution in [0.15, 0.2) is 79.3 Å². The van der Waals surface area contributed by atoms with E-state index in [4.69, 9.17) is 17.5 Å². The standard InChI is InChI=1S/C28H25F2N5S/c1-20-5-11-23(12-6-20)33-28(36)34(18-25-26(29)3-2-4-27(25)30)14-13-24-16-32-19-35(24)17-22-9-7-21(15-31)8-10-22/h2-12,16,19H,13-14,17-18H2,1H3,(H,33,36). The van der Waals surface area contributed by atoms with Gasteiger partial charge in [-0.05, 0) is 61.1 Å². The maximum atomic E-state index is 14.5. The number of hydrogen-bond acceptors (Lipinski definition) is 3. The van der Waals surface area contributed by atoms with Crippen molar-refractivity contribution < 1.29 is 8.78 Å². The minimum Gasteiger partial charge on any atom is -0.344 e. The maximum Gasteiger partial charge on any atom is 0.173 e. The number of benzene rings is 3. The molecule has 5 nitrogen and oxygen atoms in total. The molecular weight excluding hydrogens is 476 g/mol. The SMILES string of the molecule is Cc1ccc(NC(=S)N(CCc2cncn2Cc2ccc(C#N)cc2)Cc2c(F)cccc2F)cc1. The molecule has 0 spiro atoms. The number of nitrogens with zero attached hydrogens (tertiary/aromatic N) is 4. The molecule has 182 valence electrons. The molecule has 3 aromatic carbocycles. The van der Waals surface area contributed by atoms with Gasteiger partial charge in [0.15, 0.2) is 5.11 Å². The van der Waals surface area contributed by atoms with E-state index in [2.05, 4.69) is 16.4 Å². The van der Waals surface area contributed by atoms with Crippen molar-refractivity contribution in [3.8, 4) is 6.07 Å². The van der Waals surface area contributed by atoms with Gasteiger partial charge in [-0.3, -0.25) is 0 Å². The summed E-state index contributed by atoms with van der Waals surface area (Å²) in [6, 6.07) is 21.1. The van der Waals surface area contributed by atoms with Crippen LogP contribution in [0.25, 0.3) is 0 Å². The maximum absolute atomic E-state index is 14.5. The summed E-state index contributed by atoms with van der Waals surface area (Å²) >= 11 is 5.65. The molecule has 0 radical (unpaired) electrons. The molecule has 0 bridgehead atoms. The fraction of sp³-hybridized carbons (Fsp3) is 0.179. The van der Waals surface area contributed by atoms with Crippen LogP contribution in [0.1, 0.15) is 27.9 Å². The van der Waals surface area contributed by atoms with Gasteiger partial charge in [0.25, 0.3) is 0 Å². The Morgan fingerprint density at radius 1 is 1.06 bits per heavy atom. The zero-order chi connectivity index (χ0) is 25.5. The Labute approximate surface area is 214 Å². The van der Waals surface area contributed by atoms with E-state index in [1.54, 1.807) is 29.6 Å². The summed E-state index contributed by atoms with van der Waals surface area (Å²) in [5, 5.41) is 12.6. The van der Waals surface area contributed by atoms with Gasteiger partial charge in [0.2, 0.25) is 0 Å². The van der Waals surface area contributed by atoms with Gasteiger partial charge >= 0.3 is 0 Å². The van der Waals surface area contributed by atoms with E-state index in [0.29, 0.717) is 30.2 Å². The fourth-order valence-electron chi connectivity index (χ4n) is 3.80. The highest BCUT2D eigenvalue weighted by molar-refractivity contribution is 7.80. The van der Waals surface area contributed by atoms with Crippen molar-refractivity contribution >= 4 is 23.0 Å². The molecule has 1 aromatic heterocycles. The zero-order valence-corrected chi connectivity index (χ0v) is 20.6. The molecular formula is C28H25F2N5S. The zero-order valence-electron chi connectivity index (χ0n) is 19.8. The quantitative estimate of drug-likeness (QED) is 0.308. The summed E-state index contributed by atoms with van der Waals surface area (Å²) in [7, 11) is 0. The lowest BCUT2D eigenvalue weighted by Crippen LogP contribution is -2.36. The molecule has 0 saturated heterocycles. The highest BCUT2D eigenvalue weighted by Crippen LogP contribution is 2.18. The molecule has 0 aliphatic carbocycles. The van der Waals surface area contributed by atoms with Crippen molar-refractivity contribution in [2.75, 3.05) is 11.9 Å². The average Bonchev–Trinajstić information content (AvgIpc) is 3.32. The van der Waals surface area contributed by atoms with Crippen molar-refractivity contribution in [1.29, 1.82) is 5.26 Å². The minimum absolute atomic E-state index is 0.0139. The van der Waals surface area contributed by atoms with Gasteiger partial charge in [0.05, 0.1) is 24.5 Å². The fourth-order valence-corrected chi connectivity index (χ4v) is 4.07. The third kappa shape index (κ3) is 6.32. The number of rotatable bonds is 8. The lowest BCUT2D eigenvalue weighted by atomic mass is 10.1. The van der Waals surface area contributed by atoms with E-state index >= 15 is 0 Å². The topological polar surface area (TPSA) is 56.9 Å². The molecule has 4 aromatic rings. The number of nitriles is 1. The molecule has 0 aliphatic rings. The first kappa shape index (κ1) is 25.0. The Balaban J connectivity index is 1.51. The van der Waals surface area contributed by atoms with Crippen LogP contribution in [0.2, 0.25) is 0 Å². The van der Waals surface area contributed by atoms with E-state index in [9.17, 15) is 8.78 Å². The number of halogens is 2. The van der Waals surface area contributed by atoms with E-state index < -0.39 is 11.6 Å². The Morgan fingerprint density at radius 3 is 2.42 bits per heavy atom. The first-order valence-electron chi connectivity index (χ1n) is 11.5. The van der Waals surface area contributed by atoms with Crippen molar-refractivity contribution in [3.63, 3.8) is 0 Å². The molecule has 1 N–H and O–H groups in total. The first-order valence-corrected chi connectivity index (χ1v) is 11.9. The highest BCUT2D eigenvalue weighted by atomic mass is 32.1. The molecule has 0 amide bonds. The van der Waals surface area contributed by atoms with Gasteiger partial charge in [-0.15, -0.1) is 0 Å². The smallest absolute Gasteiger partial charge is 0.173 e. The second-order valence-corrected chi connectivity index (χ2v) is 8.88. The molecule has 0 fully saturated rings. The number of aryl methyl sites for hydroxylation is 1. The van der Waals surface area contributed by atoms with Crippen molar-refractivity contribution in [3.05, 3.63) is 119 Å². The van der Waals surface area contributed by atoms with E-state index in [-0.39, 0.29) is 12.1 Å². The Morgan fingerprint density at radius 2 is 1.75 bits per heavy atom. The van der Waals surface area contributed by atoms with Gasteiger partial charge in [0.1, 0.15) is 11.6 Å². The van der Waals surface area contributed by atoms with Crippen LogP contribution in [0, 0.1) is 29.9 Å². The summed E-state index contributed by atoms with van der Waals surface area (Å²) in [6.45, 7) is 3.00. The van der Waals surface area contributed by atoms with E-state index in [0.717, 1.165) is 22.5 Å². The van der Waals surface area contributed by atoms with Crippen LogP contribution in [0.4, 0.5) is 14.5 Å². The summed E-state index contributed by atoms with van der Waals surface area (Å²) < 4.78 is 30.9. The number of thiocarbonyl (C=S) groups is 1. The number of nitrogens with one attached hydrogen (secondary N) is 1. The van der Waals surface area contributed by atoms with Crippen LogP contribution in [0.3, 0.4) is 0 Å². The molecule has 0 aliphatic heterocycles. The van der Waals surface area contributed by atoms with E-state index in [1.807, 2.05) is 47.9 Å². The predicted molar refractivity (Wildman–Crippen MR) is 140 cm³/mol. The average molecular weight is 502 g/mol. The number of imidazole rings is 1. The van der Waals surface area contributed by atoms with Gasteiger partial charge in [-0.25, -0.2) is 13.8 Å². The van der Waals surface area contributed by atoms with Gasteiger partial charge in [-0.1, -0.05) is 35.9 Å². The van der Waals surface area contributed by atoms with Crippen LogP contribution >= 0.6 is 12.2 Å². The first-order chi connectivity index (χ1) is 17.4. The van der Waals surface area contributed by atoms with Crippen molar-refractivity contribution in [2.45, 2.75) is 26.4 Å². The largest absolute Gasteiger partial charge is 0.344 e. The monoisotopic (exact) mass is 501 g/mol. The molecule has 0 saturated carbocycles. The second kappa shape index (κ2) is 11.6. The molecule has 1 heterocycles. The second-order valence-electron chi connectivity index (χ2n) is 8.49. The lowest BCUT2D eigenvalue weighted by Gasteiger charge is -2.26. The summed E-state index contributed by atoms with van der Waals surface area (Å²) in [6.07, 6.45) is 4.08. The molecule has 4 rings (SSSR count).